The Hall–Kier alpha value is -2.02. The molecule has 3 N–H and O–H groups in total. The van der Waals surface area contributed by atoms with Crippen molar-refractivity contribution in [2.75, 3.05) is 20.1 Å². The van der Waals surface area contributed by atoms with Gasteiger partial charge in [0.25, 0.3) is 0 Å². The molecule has 4 atom stereocenters. The van der Waals surface area contributed by atoms with Crippen molar-refractivity contribution in [2.24, 2.45) is 11.7 Å². The Morgan fingerprint density at radius 2 is 1.66 bits per heavy atom. The lowest BCUT2D eigenvalue weighted by atomic mass is 9.90. The summed E-state index contributed by atoms with van der Waals surface area (Å²) in [5.74, 6) is 0.168. The van der Waals surface area contributed by atoms with Gasteiger partial charge in [0, 0.05) is 31.1 Å². The Labute approximate surface area is 173 Å². The Kier molecular flexibility index (Phi) is 7.58. The number of hydrogen-bond acceptors (Lipinski definition) is 5. The fourth-order valence-corrected chi connectivity index (χ4v) is 3.74. The SMILES string of the molecule is C=CCN(C)C[C@H]1O[C@@H](c2ccc(CN)cc2)O[C@@H](c2ccc(CO)cc2)[C@H]1C. The highest BCUT2D eigenvalue weighted by atomic mass is 16.7. The van der Waals surface area contributed by atoms with Crippen LogP contribution in [0.2, 0.25) is 0 Å². The summed E-state index contributed by atoms with van der Waals surface area (Å²) in [5.41, 5.74) is 9.79. The van der Waals surface area contributed by atoms with Crippen LogP contribution in [0.4, 0.5) is 0 Å². The molecule has 0 amide bonds. The summed E-state index contributed by atoms with van der Waals surface area (Å²) in [6, 6.07) is 16.1. The smallest absolute Gasteiger partial charge is 0.184 e. The van der Waals surface area contributed by atoms with Crippen molar-refractivity contribution in [2.45, 2.75) is 38.6 Å². The molecule has 0 unspecified atom stereocenters. The van der Waals surface area contributed by atoms with Crippen LogP contribution in [0.15, 0.2) is 61.2 Å². The van der Waals surface area contributed by atoms with Gasteiger partial charge in [-0.2, -0.15) is 0 Å². The summed E-state index contributed by atoms with van der Waals surface area (Å²) >= 11 is 0. The minimum Gasteiger partial charge on any atom is -0.392 e. The first kappa shape index (κ1) is 21.7. The lowest BCUT2D eigenvalue weighted by Crippen LogP contribution is -2.43. The molecule has 1 fully saturated rings. The van der Waals surface area contributed by atoms with Gasteiger partial charge in [0.05, 0.1) is 18.8 Å². The third-order valence-electron chi connectivity index (χ3n) is 5.54. The Bertz CT molecular complexity index is 776. The highest BCUT2D eigenvalue weighted by Crippen LogP contribution is 2.41. The summed E-state index contributed by atoms with van der Waals surface area (Å²) in [4.78, 5) is 2.21. The average Bonchev–Trinajstić information content (AvgIpc) is 2.75. The number of nitrogens with two attached hydrogens (primary N) is 1. The van der Waals surface area contributed by atoms with E-state index >= 15 is 0 Å². The molecule has 0 bridgehead atoms. The van der Waals surface area contributed by atoms with Crippen molar-refractivity contribution in [3.63, 3.8) is 0 Å². The average molecular weight is 397 g/mol. The highest BCUT2D eigenvalue weighted by molar-refractivity contribution is 5.26. The van der Waals surface area contributed by atoms with Crippen LogP contribution in [0.5, 0.6) is 0 Å². The van der Waals surface area contributed by atoms with Crippen LogP contribution >= 0.6 is 0 Å². The van der Waals surface area contributed by atoms with E-state index in [1.165, 1.54) is 0 Å². The molecule has 2 aromatic carbocycles. The first-order valence-corrected chi connectivity index (χ1v) is 10.1. The molecule has 0 aromatic heterocycles. The molecule has 0 radical (unpaired) electrons. The molecule has 5 nitrogen and oxygen atoms in total. The second kappa shape index (κ2) is 10.1. The van der Waals surface area contributed by atoms with Crippen LogP contribution in [0.1, 0.15) is 41.6 Å². The van der Waals surface area contributed by atoms with E-state index in [-0.39, 0.29) is 24.7 Å². The number of ether oxygens (including phenoxy) is 2. The van der Waals surface area contributed by atoms with Crippen molar-refractivity contribution >= 4 is 0 Å². The van der Waals surface area contributed by atoms with Crippen molar-refractivity contribution in [1.29, 1.82) is 0 Å². The lowest BCUT2D eigenvalue weighted by Gasteiger charge is -2.42. The van der Waals surface area contributed by atoms with Crippen LogP contribution in [-0.2, 0) is 22.6 Å². The van der Waals surface area contributed by atoms with E-state index in [1.807, 2.05) is 54.6 Å². The monoisotopic (exact) mass is 396 g/mol. The van der Waals surface area contributed by atoms with Gasteiger partial charge in [0.1, 0.15) is 0 Å². The molecule has 156 valence electrons. The molecule has 2 aromatic rings. The fourth-order valence-electron chi connectivity index (χ4n) is 3.74. The minimum atomic E-state index is -0.442. The van der Waals surface area contributed by atoms with E-state index in [0.717, 1.165) is 35.3 Å². The van der Waals surface area contributed by atoms with Gasteiger partial charge in [-0.05, 0) is 23.7 Å². The zero-order chi connectivity index (χ0) is 20.8. The highest BCUT2D eigenvalue weighted by Gasteiger charge is 2.38. The van der Waals surface area contributed by atoms with Crippen LogP contribution in [0.3, 0.4) is 0 Å². The summed E-state index contributed by atoms with van der Waals surface area (Å²) in [6.07, 6.45) is 1.37. The quantitative estimate of drug-likeness (QED) is 0.668. The lowest BCUT2D eigenvalue weighted by molar-refractivity contribution is -0.275. The van der Waals surface area contributed by atoms with Crippen molar-refractivity contribution < 1.29 is 14.6 Å². The molecule has 1 aliphatic rings. The number of benzene rings is 2. The molecule has 1 heterocycles. The van der Waals surface area contributed by atoms with Crippen LogP contribution < -0.4 is 5.73 Å². The van der Waals surface area contributed by atoms with E-state index in [2.05, 4.69) is 25.5 Å². The van der Waals surface area contributed by atoms with E-state index in [1.54, 1.807) is 0 Å². The van der Waals surface area contributed by atoms with Crippen molar-refractivity contribution in [3.8, 4) is 0 Å². The van der Waals surface area contributed by atoms with Crippen molar-refractivity contribution in [1.82, 2.24) is 4.90 Å². The number of aliphatic hydroxyl groups excluding tert-OH is 1. The van der Waals surface area contributed by atoms with Gasteiger partial charge in [-0.15, -0.1) is 6.58 Å². The maximum Gasteiger partial charge on any atom is 0.184 e. The molecule has 0 saturated carbocycles. The second-order valence-corrected chi connectivity index (χ2v) is 7.78. The van der Waals surface area contributed by atoms with E-state index in [9.17, 15) is 5.11 Å². The van der Waals surface area contributed by atoms with Crippen LogP contribution in [0, 0.1) is 5.92 Å². The third kappa shape index (κ3) is 5.32. The fraction of sp³-hybridized carbons (Fsp3) is 0.417. The number of aliphatic hydroxyl groups is 1. The standard InChI is InChI=1S/C24H32N2O3/c1-4-13-26(3)15-22-17(2)23(20-9-7-19(16-27)8-10-20)29-24(28-22)21-11-5-18(14-25)6-12-21/h4-12,17,22-24,27H,1,13-16,25H2,2-3H3/t17-,22+,23+,24+/m0/s1. The van der Waals surface area contributed by atoms with Gasteiger partial charge in [-0.1, -0.05) is 61.5 Å². The van der Waals surface area contributed by atoms with Gasteiger partial charge < -0.3 is 25.2 Å². The van der Waals surface area contributed by atoms with Crippen LogP contribution in [0.25, 0.3) is 0 Å². The normalized spacial score (nSPS) is 24.6. The predicted molar refractivity (Wildman–Crippen MR) is 115 cm³/mol. The van der Waals surface area contributed by atoms with E-state index < -0.39 is 6.29 Å². The number of rotatable bonds is 8. The summed E-state index contributed by atoms with van der Waals surface area (Å²) in [5, 5.41) is 9.34. The molecule has 1 saturated heterocycles. The molecular formula is C24H32N2O3. The number of nitrogens with zero attached hydrogens (tertiary/aromatic N) is 1. The maximum absolute atomic E-state index is 9.34. The summed E-state index contributed by atoms with van der Waals surface area (Å²) in [7, 11) is 2.07. The third-order valence-corrected chi connectivity index (χ3v) is 5.54. The molecule has 0 aliphatic carbocycles. The largest absolute Gasteiger partial charge is 0.392 e. The van der Waals surface area contributed by atoms with Crippen molar-refractivity contribution in [3.05, 3.63) is 83.4 Å². The zero-order valence-electron chi connectivity index (χ0n) is 17.3. The first-order chi connectivity index (χ1) is 14.0. The topological polar surface area (TPSA) is 68.0 Å². The van der Waals surface area contributed by atoms with E-state index in [4.69, 9.17) is 15.2 Å². The molecular weight excluding hydrogens is 364 g/mol. The molecule has 29 heavy (non-hydrogen) atoms. The number of hydrogen-bond donors (Lipinski definition) is 2. The van der Waals surface area contributed by atoms with Gasteiger partial charge in [-0.3, -0.25) is 0 Å². The Morgan fingerprint density at radius 3 is 2.24 bits per heavy atom. The molecule has 0 spiro atoms. The predicted octanol–water partition coefficient (Wildman–Crippen LogP) is 3.55. The first-order valence-electron chi connectivity index (χ1n) is 10.1. The number of likely N-dealkylation sites (N-methyl/N-ethyl adjacent to an activating group) is 1. The maximum atomic E-state index is 9.34. The second-order valence-electron chi connectivity index (χ2n) is 7.78. The molecule has 1 aliphatic heterocycles. The molecule has 5 heteroatoms. The summed E-state index contributed by atoms with van der Waals surface area (Å²) < 4.78 is 12.8. The Balaban J connectivity index is 1.87. The Morgan fingerprint density at radius 1 is 1.03 bits per heavy atom. The van der Waals surface area contributed by atoms with Gasteiger partial charge in [0.15, 0.2) is 6.29 Å². The van der Waals surface area contributed by atoms with Crippen LogP contribution in [-0.4, -0.2) is 36.2 Å². The van der Waals surface area contributed by atoms with Gasteiger partial charge in [-0.25, -0.2) is 0 Å². The minimum absolute atomic E-state index is 0.00963. The van der Waals surface area contributed by atoms with E-state index in [0.29, 0.717) is 6.54 Å². The summed E-state index contributed by atoms with van der Waals surface area (Å²) in [6.45, 7) is 8.15. The van der Waals surface area contributed by atoms with Gasteiger partial charge >= 0.3 is 0 Å². The molecule has 3 rings (SSSR count). The van der Waals surface area contributed by atoms with Gasteiger partial charge in [0.2, 0.25) is 0 Å². The zero-order valence-corrected chi connectivity index (χ0v) is 17.3.